The summed E-state index contributed by atoms with van der Waals surface area (Å²) >= 11 is 0. The maximum Gasteiger partial charge on any atom is 0.312 e. The number of rotatable bonds is 6. The Morgan fingerprint density at radius 1 is 1.40 bits per heavy atom. The number of methoxy groups -OCH3 is 1. The monoisotopic (exact) mass is 218 g/mol. The number of ether oxygens (including phenoxy) is 2. The van der Waals surface area contributed by atoms with E-state index in [4.69, 9.17) is 9.84 Å². The van der Waals surface area contributed by atoms with Gasteiger partial charge in [0.1, 0.15) is 6.10 Å². The summed E-state index contributed by atoms with van der Waals surface area (Å²) in [5, 5.41) is 8.67. The molecule has 0 aliphatic rings. The van der Waals surface area contributed by atoms with Gasteiger partial charge in [0.2, 0.25) is 0 Å². The average molecular weight is 218 g/mol. The molecule has 0 spiro atoms. The molecule has 5 heteroatoms. The van der Waals surface area contributed by atoms with E-state index < -0.39 is 24.0 Å². The van der Waals surface area contributed by atoms with Gasteiger partial charge in [-0.05, 0) is 19.8 Å². The first-order chi connectivity index (χ1) is 7.02. The van der Waals surface area contributed by atoms with Gasteiger partial charge in [0, 0.05) is 13.5 Å². The maximum absolute atomic E-state index is 11.2. The highest BCUT2D eigenvalue weighted by molar-refractivity contribution is 5.73. The van der Waals surface area contributed by atoms with Crippen LogP contribution in [-0.2, 0) is 19.1 Å². The van der Waals surface area contributed by atoms with Gasteiger partial charge in [-0.15, -0.1) is 0 Å². The van der Waals surface area contributed by atoms with Crippen molar-refractivity contribution in [1.82, 2.24) is 0 Å². The Hall–Kier alpha value is -1.10. The first-order valence-corrected chi connectivity index (χ1v) is 4.88. The normalized spacial score (nSPS) is 14.1. The lowest BCUT2D eigenvalue weighted by Gasteiger charge is -2.21. The SMILES string of the molecule is COC(=O)C(C)C(CCCO)OC(C)=O. The van der Waals surface area contributed by atoms with Crippen LogP contribution in [0.4, 0.5) is 0 Å². The molecule has 0 aromatic heterocycles. The lowest BCUT2D eigenvalue weighted by molar-refractivity contribution is -0.158. The molecule has 0 rings (SSSR count). The van der Waals surface area contributed by atoms with Crippen molar-refractivity contribution in [2.24, 2.45) is 5.92 Å². The van der Waals surface area contributed by atoms with E-state index >= 15 is 0 Å². The number of hydrogen-bond acceptors (Lipinski definition) is 5. The fourth-order valence-electron chi connectivity index (χ4n) is 1.25. The van der Waals surface area contributed by atoms with Crippen LogP contribution in [-0.4, -0.2) is 36.9 Å². The maximum atomic E-state index is 11.2. The molecule has 0 saturated heterocycles. The van der Waals surface area contributed by atoms with Gasteiger partial charge in [-0.25, -0.2) is 0 Å². The van der Waals surface area contributed by atoms with E-state index in [1.807, 2.05) is 0 Å². The third kappa shape index (κ3) is 5.37. The highest BCUT2D eigenvalue weighted by Gasteiger charge is 2.26. The van der Waals surface area contributed by atoms with Crippen molar-refractivity contribution >= 4 is 11.9 Å². The lowest BCUT2D eigenvalue weighted by Crippen LogP contribution is -2.31. The predicted molar refractivity (Wildman–Crippen MR) is 53.1 cm³/mol. The Kier molecular flexibility index (Phi) is 6.70. The summed E-state index contributed by atoms with van der Waals surface area (Å²) in [4.78, 5) is 22.0. The minimum absolute atomic E-state index is 0.00561. The third-order valence-electron chi connectivity index (χ3n) is 2.09. The van der Waals surface area contributed by atoms with E-state index in [1.165, 1.54) is 14.0 Å². The van der Waals surface area contributed by atoms with E-state index in [0.717, 1.165) is 0 Å². The second-order valence-corrected chi connectivity index (χ2v) is 3.33. The van der Waals surface area contributed by atoms with Crippen molar-refractivity contribution in [3.63, 3.8) is 0 Å². The van der Waals surface area contributed by atoms with Crippen LogP contribution in [0.25, 0.3) is 0 Å². The van der Waals surface area contributed by atoms with E-state index in [1.54, 1.807) is 6.92 Å². The number of esters is 2. The van der Waals surface area contributed by atoms with Gasteiger partial charge < -0.3 is 14.6 Å². The van der Waals surface area contributed by atoms with Gasteiger partial charge in [-0.3, -0.25) is 9.59 Å². The third-order valence-corrected chi connectivity index (χ3v) is 2.09. The van der Waals surface area contributed by atoms with Crippen LogP contribution in [0.5, 0.6) is 0 Å². The molecule has 0 bridgehead atoms. The number of aliphatic hydroxyl groups is 1. The molecule has 0 saturated carbocycles. The molecule has 0 aromatic rings. The minimum Gasteiger partial charge on any atom is -0.469 e. The minimum atomic E-state index is -0.526. The smallest absolute Gasteiger partial charge is 0.312 e. The quantitative estimate of drug-likeness (QED) is 0.657. The Bertz CT molecular complexity index is 214. The molecule has 2 unspecified atom stereocenters. The van der Waals surface area contributed by atoms with Crippen LogP contribution in [0.15, 0.2) is 0 Å². The zero-order valence-corrected chi connectivity index (χ0v) is 9.36. The van der Waals surface area contributed by atoms with E-state index in [2.05, 4.69) is 4.74 Å². The van der Waals surface area contributed by atoms with Crippen molar-refractivity contribution in [2.75, 3.05) is 13.7 Å². The molecule has 0 radical (unpaired) electrons. The fourth-order valence-corrected chi connectivity index (χ4v) is 1.25. The zero-order valence-electron chi connectivity index (χ0n) is 9.36. The van der Waals surface area contributed by atoms with Crippen molar-refractivity contribution < 1.29 is 24.2 Å². The molecule has 1 N–H and O–H groups in total. The highest BCUT2D eigenvalue weighted by atomic mass is 16.6. The molecule has 0 aromatic carbocycles. The van der Waals surface area contributed by atoms with Gasteiger partial charge >= 0.3 is 11.9 Å². The molecule has 0 aliphatic carbocycles. The molecule has 2 atom stereocenters. The molecule has 5 nitrogen and oxygen atoms in total. The highest BCUT2D eigenvalue weighted by Crippen LogP contribution is 2.15. The van der Waals surface area contributed by atoms with Crippen LogP contribution in [0, 0.1) is 5.92 Å². The first-order valence-electron chi connectivity index (χ1n) is 4.88. The molecule has 88 valence electrons. The predicted octanol–water partition coefficient (Wildman–Crippen LogP) is 0.500. The summed E-state index contributed by atoms with van der Waals surface area (Å²) in [6.45, 7) is 2.93. The van der Waals surface area contributed by atoms with Crippen molar-refractivity contribution in [2.45, 2.75) is 32.8 Å². The number of aliphatic hydroxyl groups excluding tert-OH is 1. The largest absolute Gasteiger partial charge is 0.469 e. The summed E-state index contributed by atoms with van der Waals surface area (Å²) in [7, 11) is 1.29. The average Bonchev–Trinajstić information content (AvgIpc) is 2.21. The van der Waals surface area contributed by atoms with Gasteiger partial charge in [0.25, 0.3) is 0 Å². The van der Waals surface area contributed by atoms with Crippen LogP contribution in [0.1, 0.15) is 26.7 Å². The fraction of sp³-hybridized carbons (Fsp3) is 0.800. The van der Waals surface area contributed by atoms with E-state index in [9.17, 15) is 9.59 Å². The second-order valence-electron chi connectivity index (χ2n) is 3.33. The van der Waals surface area contributed by atoms with Crippen LogP contribution < -0.4 is 0 Å². The number of hydrogen-bond donors (Lipinski definition) is 1. The molecular weight excluding hydrogens is 200 g/mol. The van der Waals surface area contributed by atoms with Crippen LogP contribution in [0.3, 0.4) is 0 Å². The summed E-state index contributed by atoms with van der Waals surface area (Å²) < 4.78 is 9.55. The van der Waals surface area contributed by atoms with Gasteiger partial charge in [0.05, 0.1) is 13.0 Å². The first kappa shape index (κ1) is 13.9. The Balaban J connectivity index is 4.32. The Morgan fingerprint density at radius 2 is 2.00 bits per heavy atom. The second kappa shape index (κ2) is 7.23. The zero-order chi connectivity index (χ0) is 11.8. The summed E-state index contributed by atoms with van der Waals surface area (Å²) in [6, 6.07) is 0. The molecule has 0 heterocycles. The molecule has 0 amide bonds. The van der Waals surface area contributed by atoms with Crippen LogP contribution >= 0.6 is 0 Å². The summed E-state index contributed by atoms with van der Waals surface area (Å²) in [6.07, 6.45) is 0.410. The van der Waals surface area contributed by atoms with Gasteiger partial charge in [-0.1, -0.05) is 0 Å². The Morgan fingerprint density at radius 3 is 2.40 bits per heavy atom. The summed E-state index contributed by atoms with van der Waals surface area (Å²) in [5.41, 5.74) is 0. The number of carbonyl (C=O) groups is 2. The van der Waals surface area contributed by atoms with Crippen molar-refractivity contribution in [1.29, 1.82) is 0 Å². The molecule has 0 fully saturated rings. The number of carbonyl (C=O) groups excluding carboxylic acids is 2. The standard InChI is InChI=1S/C10H18O5/c1-7(10(13)14-3)9(5-4-6-11)15-8(2)12/h7,9,11H,4-6H2,1-3H3. The molecular formula is C10H18O5. The van der Waals surface area contributed by atoms with Gasteiger partial charge in [0.15, 0.2) is 0 Å². The van der Waals surface area contributed by atoms with Crippen molar-refractivity contribution in [3.8, 4) is 0 Å². The molecule has 0 aliphatic heterocycles. The topological polar surface area (TPSA) is 72.8 Å². The lowest BCUT2D eigenvalue weighted by atomic mass is 10.0. The van der Waals surface area contributed by atoms with Crippen LogP contribution in [0.2, 0.25) is 0 Å². The van der Waals surface area contributed by atoms with E-state index in [0.29, 0.717) is 12.8 Å². The van der Waals surface area contributed by atoms with Crippen molar-refractivity contribution in [3.05, 3.63) is 0 Å². The van der Waals surface area contributed by atoms with Gasteiger partial charge in [-0.2, -0.15) is 0 Å². The summed E-state index contributed by atoms with van der Waals surface area (Å²) in [5.74, 6) is -1.36. The Labute approximate surface area is 89.4 Å². The van der Waals surface area contributed by atoms with E-state index in [-0.39, 0.29) is 6.61 Å². The molecule has 15 heavy (non-hydrogen) atoms.